The van der Waals surface area contributed by atoms with E-state index >= 15 is 0 Å². The van der Waals surface area contributed by atoms with Gasteiger partial charge in [0.1, 0.15) is 5.82 Å². The van der Waals surface area contributed by atoms with E-state index in [0.29, 0.717) is 35.4 Å². The number of nitrogens with zero attached hydrogens (tertiary/aromatic N) is 2. The lowest BCUT2D eigenvalue weighted by molar-refractivity contribution is -0.118. The van der Waals surface area contributed by atoms with Gasteiger partial charge in [-0.25, -0.2) is 0 Å². The number of Topliss-reactive ketones (excluding diaryl/α,β-unsaturated/α-hetero) is 1. The maximum atomic E-state index is 13.5. The quantitative estimate of drug-likeness (QED) is 0.773. The van der Waals surface area contributed by atoms with E-state index in [9.17, 15) is 15.2 Å². The largest absolute Gasteiger partial charge is 0.504 e. The summed E-state index contributed by atoms with van der Waals surface area (Å²) >= 11 is 0. The predicted molar refractivity (Wildman–Crippen MR) is 118 cm³/mol. The highest BCUT2D eigenvalue weighted by Gasteiger charge is 2.44. The number of allylic oxidation sites excluding steroid dienone is 3. The molecule has 2 aromatic carbocycles. The van der Waals surface area contributed by atoms with Crippen LogP contribution in [0.3, 0.4) is 0 Å². The van der Waals surface area contributed by atoms with Gasteiger partial charge in [-0.2, -0.15) is 5.26 Å². The molecule has 31 heavy (non-hydrogen) atoms. The Morgan fingerprint density at radius 3 is 2.55 bits per heavy atom. The molecule has 0 fully saturated rings. The third-order valence-corrected chi connectivity index (χ3v) is 5.93. The Hall–Kier alpha value is -3.72. The monoisotopic (exact) mass is 415 g/mol. The van der Waals surface area contributed by atoms with Gasteiger partial charge in [-0.15, -0.1) is 0 Å². The van der Waals surface area contributed by atoms with Crippen LogP contribution in [0.25, 0.3) is 0 Å². The second-order valence-electron chi connectivity index (χ2n) is 8.75. The predicted octanol–water partition coefficient (Wildman–Crippen LogP) is 4.34. The molecule has 0 saturated carbocycles. The maximum absolute atomic E-state index is 13.5. The molecule has 0 bridgehead atoms. The van der Waals surface area contributed by atoms with Crippen molar-refractivity contribution in [2.45, 2.75) is 32.6 Å². The molecule has 0 radical (unpaired) electrons. The minimum atomic E-state index is -0.613. The Morgan fingerprint density at radius 2 is 1.90 bits per heavy atom. The summed E-state index contributed by atoms with van der Waals surface area (Å²) in [6.07, 6.45) is 1.03. The summed E-state index contributed by atoms with van der Waals surface area (Å²) in [5.74, 6) is -0.0177. The second kappa shape index (κ2) is 7.51. The molecular weight excluding hydrogens is 390 g/mol. The molecular formula is C25H25N3O3. The van der Waals surface area contributed by atoms with Crippen LogP contribution in [0, 0.1) is 16.7 Å². The van der Waals surface area contributed by atoms with Crippen LogP contribution in [0.5, 0.6) is 11.5 Å². The van der Waals surface area contributed by atoms with Crippen molar-refractivity contribution in [3.8, 4) is 17.6 Å². The van der Waals surface area contributed by atoms with Gasteiger partial charge in [0.25, 0.3) is 0 Å². The van der Waals surface area contributed by atoms with Crippen LogP contribution in [0.2, 0.25) is 0 Å². The van der Waals surface area contributed by atoms with E-state index in [1.54, 1.807) is 12.1 Å². The average molecular weight is 415 g/mol. The number of carbonyl (C=O) groups excluding carboxylic acids is 1. The van der Waals surface area contributed by atoms with E-state index in [0.717, 1.165) is 11.4 Å². The van der Waals surface area contributed by atoms with E-state index in [1.807, 2.05) is 35.2 Å². The lowest BCUT2D eigenvalue weighted by Crippen LogP contribution is -2.42. The number of nitrogens with two attached hydrogens (primary N) is 1. The molecule has 158 valence electrons. The molecule has 6 heteroatoms. The van der Waals surface area contributed by atoms with E-state index in [-0.39, 0.29) is 22.7 Å². The molecule has 1 aliphatic carbocycles. The SMILES string of the molecule is COc1cc(C2C(C#N)=C(N)N(c3ccccc3)C3=C2C(=O)CC(C)(C)C3)ccc1O. The average Bonchev–Trinajstić information content (AvgIpc) is 2.73. The highest BCUT2D eigenvalue weighted by atomic mass is 16.5. The fourth-order valence-electron chi connectivity index (χ4n) is 4.59. The summed E-state index contributed by atoms with van der Waals surface area (Å²) in [5, 5.41) is 20.1. The van der Waals surface area contributed by atoms with Gasteiger partial charge < -0.3 is 15.6 Å². The number of aromatic hydroxyl groups is 1. The fraction of sp³-hybridized carbons (Fsp3) is 0.280. The van der Waals surface area contributed by atoms with Crippen LogP contribution in [0.4, 0.5) is 5.69 Å². The molecule has 0 saturated heterocycles. The number of anilines is 1. The van der Waals surface area contributed by atoms with Crippen LogP contribution in [0.15, 0.2) is 71.2 Å². The molecule has 0 amide bonds. The second-order valence-corrected chi connectivity index (χ2v) is 8.75. The summed E-state index contributed by atoms with van der Waals surface area (Å²) < 4.78 is 5.27. The van der Waals surface area contributed by atoms with Crippen LogP contribution in [0.1, 0.15) is 38.2 Å². The summed E-state index contributed by atoms with van der Waals surface area (Å²) in [7, 11) is 1.46. The molecule has 1 atom stereocenters. The number of para-hydroxylation sites is 1. The smallest absolute Gasteiger partial charge is 0.162 e. The molecule has 0 aromatic heterocycles. The summed E-state index contributed by atoms with van der Waals surface area (Å²) in [6.45, 7) is 4.13. The minimum Gasteiger partial charge on any atom is -0.504 e. The number of carbonyl (C=O) groups is 1. The number of hydrogen-bond acceptors (Lipinski definition) is 6. The van der Waals surface area contributed by atoms with Crippen molar-refractivity contribution in [3.63, 3.8) is 0 Å². The van der Waals surface area contributed by atoms with Crippen molar-refractivity contribution in [2.24, 2.45) is 11.1 Å². The van der Waals surface area contributed by atoms with Gasteiger partial charge in [0.2, 0.25) is 0 Å². The number of nitriles is 1. The fourth-order valence-corrected chi connectivity index (χ4v) is 4.59. The first-order valence-corrected chi connectivity index (χ1v) is 10.2. The van der Waals surface area contributed by atoms with Crippen molar-refractivity contribution in [1.82, 2.24) is 0 Å². The Balaban J connectivity index is 2.00. The van der Waals surface area contributed by atoms with Crippen molar-refractivity contribution >= 4 is 11.5 Å². The number of hydrogen-bond donors (Lipinski definition) is 2. The number of ketones is 1. The number of methoxy groups -OCH3 is 1. The molecule has 6 nitrogen and oxygen atoms in total. The zero-order valence-electron chi connectivity index (χ0n) is 17.8. The van der Waals surface area contributed by atoms with Crippen LogP contribution in [-0.2, 0) is 4.79 Å². The Kier molecular flexibility index (Phi) is 4.98. The maximum Gasteiger partial charge on any atom is 0.162 e. The van der Waals surface area contributed by atoms with Gasteiger partial charge in [-0.05, 0) is 41.7 Å². The van der Waals surface area contributed by atoms with Crippen molar-refractivity contribution in [1.29, 1.82) is 5.26 Å². The zero-order chi connectivity index (χ0) is 22.3. The normalized spacial score (nSPS) is 20.4. The van der Waals surface area contributed by atoms with E-state index in [2.05, 4.69) is 19.9 Å². The molecule has 1 aliphatic heterocycles. The van der Waals surface area contributed by atoms with Crippen LogP contribution >= 0.6 is 0 Å². The number of phenolic OH excluding ortho intramolecular Hbond substituents is 1. The molecule has 2 aromatic rings. The van der Waals surface area contributed by atoms with Crippen LogP contribution < -0.4 is 15.4 Å². The standard InChI is InChI=1S/C25H25N3O3/c1-25(2)12-18-23(20(30)13-25)22(15-9-10-19(29)21(11-15)31-3)17(14-26)24(27)28(18)16-7-5-4-6-8-16/h4-11,22,29H,12-13,27H2,1-3H3. The van der Waals surface area contributed by atoms with Gasteiger partial charge in [0.05, 0.1) is 24.7 Å². The highest BCUT2D eigenvalue weighted by Crippen LogP contribution is 2.50. The third-order valence-electron chi connectivity index (χ3n) is 5.93. The first-order valence-electron chi connectivity index (χ1n) is 10.2. The van der Waals surface area contributed by atoms with Crippen molar-refractivity contribution in [2.75, 3.05) is 12.0 Å². The van der Waals surface area contributed by atoms with Gasteiger partial charge in [0.15, 0.2) is 17.3 Å². The van der Waals surface area contributed by atoms with Gasteiger partial charge in [-0.1, -0.05) is 38.1 Å². The van der Waals surface area contributed by atoms with Crippen molar-refractivity contribution < 1.29 is 14.6 Å². The van der Waals surface area contributed by atoms with Gasteiger partial charge >= 0.3 is 0 Å². The Labute approximate surface area is 181 Å². The summed E-state index contributed by atoms with van der Waals surface area (Å²) in [6, 6.07) is 16.7. The topological polar surface area (TPSA) is 99.6 Å². The van der Waals surface area contributed by atoms with E-state index in [4.69, 9.17) is 10.5 Å². The number of benzene rings is 2. The van der Waals surface area contributed by atoms with Crippen LogP contribution in [-0.4, -0.2) is 18.0 Å². The first kappa shape index (κ1) is 20.5. The number of phenols is 1. The Bertz CT molecular complexity index is 1160. The molecule has 1 unspecified atom stereocenters. The third kappa shape index (κ3) is 3.42. The van der Waals surface area contributed by atoms with E-state index < -0.39 is 5.92 Å². The van der Waals surface area contributed by atoms with Crippen molar-refractivity contribution in [3.05, 3.63) is 76.8 Å². The molecule has 3 N–H and O–H groups in total. The lowest BCUT2D eigenvalue weighted by Gasteiger charge is -2.43. The number of ether oxygens (including phenoxy) is 1. The molecule has 2 aliphatic rings. The first-order chi connectivity index (χ1) is 14.8. The Morgan fingerprint density at radius 1 is 1.19 bits per heavy atom. The number of rotatable bonds is 3. The molecule has 0 spiro atoms. The summed E-state index contributed by atoms with van der Waals surface area (Å²) in [5.41, 5.74) is 9.57. The lowest BCUT2D eigenvalue weighted by atomic mass is 9.68. The van der Waals surface area contributed by atoms with Gasteiger partial charge in [-0.3, -0.25) is 9.69 Å². The zero-order valence-corrected chi connectivity index (χ0v) is 17.8. The van der Waals surface area contributed by atoms with E-state index in [1.165, 1.54) is 13.2 Å². The van der Waals surface area contributed by atoms with Gasteiger partial charge in [0, 0.05) is 23.4 Å². The molecule has 1 heterocycles. The summed E-state index contributed by atoms with van der Waals surface area (Å²) in [4.78, 5) is 15.3. The highest BCUT2D eigenvalue weighted by molar-refractivity contribution is 6.01. The molecule has 4 rings (SSSR count). The minimum absolute atomic E-state index is 0.00414.